The summed E-state index contributed by atoms with van der Waals surface area (Å²) in [6.45, 7) is 0. The van der Waals surface area contributed by atoms with Crippen LogP contribution in [0.3, 0.4) is 0 Å². The van der Waals surface area contributed by atoms with Crippen molar-refractivity contribution >= 4 is 29.0 Å². The molecule has 0 saturated carbocycles. The van der Waals surface area contributed by atoms with Crippen LogP contribution in [0.25, 0.3) is 0 Å². The minimum absolute atomic E-state index is 0.0161. The molecule has 4 nitrogen and oxygen atoms in total. The second-order valence-corrected chi connectivity index (χ2v) is 4.97. The van der Waals surface area contributed by atoms with Gasteiger partial charge in [0.2, 0.25) is 5.91 Å². The van der Waals surface area contributed by atoms with Crippen LogP contribution in [0.1, 0.15) is 6.42 Å². The molecule has 1 atom stereocenters. The summed E-state index contributed by atoms with van der Waals surface area (Å²) in [6.07, 6.45) is 0.925. The summed E-state index contributed by atoms with van der Waals surface area (Å²) >= 11 is 1.80. The monoisotopic (exact) mass is 238 g/mol. The number of anilines is 2. The van der Waals surface area contributed by atoms with Gasteiger partial charge in [0.1, 0.15) is 5.75 Å². The number of benzene rings is 1. The van der Waals surface area contributed by atoms with Crippen molar-refractivity contribution in [1.29, 1.82) is 0 Å². The maximum Gasteiger partial charge on any atom is 0.228 e. The highest BCUT2D eigenvalue weighted by atomic mass is 32.2. The minimum Gasteiger partial charge on any atom is -0.508 e. The standard InChI is InChI=1S/C11H14N2O2S/c12-9-5-8(14)1-2-10(9)13-11(15)7-3-4-16-6-7/h1-2,5,7,14H,3-4,6,12H2,(H,13,15). The van der Waals surface area contributed by atoms with Gasteiger partial charge in [-0.05, 0) is 24.3 Å². The van der Waals surface area contributed by atoms with Crippen molar-refractivity contribution in [2.75, 3.05) is 22.6 Å². The van der Waals surface area contributed by atoms with Crippen LogP contribution in [0.2, 0.25) is 0 Å². The van der Waals surface area contributed by atoms with E-state index in [1.165, 1.54) is 12.1 Å². The van der Waals surface area contributed by atoms with Crippen LogP contribution in [-0.2, 0) is 4.79 Å². The summed E-state index contributed by atoms with van der Waals surface area (Å²) in [6, 6.07) is 4.55. The molecule has 0 aliphatic carbocycles. The maximum atomic E-state index is 11.8. The van der Waals surface area contributed by atoms with E-state index in [4.69, 9.17) is 5.73 Å². The first-order valence-electron chi connectivity index (χ1n) is 5.14. The molecule has 4 N–H and O–H groups in total. The second kappa shape index (κ2) is 4.65. The average Bonchev–Trinajstić information content (AvgIpc) is 2.75. The highest BCUT2D eigenvalue weighted by Gasteiger charge is 2.23. The van der Waals surface area contributed by atoms with Crippen LogP contribution >= 0.6 is 11.8 Å². The zero-order chi connectivity index (χ0) is 11.5. The van der Waals surface area contributed by atoms with E-state index in [9.17, 15) is 9.90 Å². The van der Waals surface area contributed by atoms with E-state index in [0.717, 1.165) is 17.9 Å². The Balaban J connectivity index is 2.05. The van der Waals surface area contributed by atoms with Gasteiger partial charge in [-0.15, -0.1) is 0 Å². The maximum absolute atomic E-state index is 11.8. The summed E-state index contributed by atoms with van der Waals surface area (Å²) in [5.74, 6) is 2.12. The van der Waals surface area contributed by atoms with E-state index >= 15 is 0 Å². The predicted molar refractivity (Wildman–Crippen MR) is 66.6 cm³/mol. The molecule has 1 aromatic carbocycles. The molecular weight excluding hydrogens is 224 g/mol. The number of carbonyl (C=O) groups excluding carboxylic acids is 1. The number of hydrogen-bond acceptors (Lipinski definition) is 4. The van der Waals surface area contributed by atoms with Gasteiger partial charge >= 0.3 is 0 Å². The van der Waals surface area contributed by atoms with Crippen molar-refractivity contribution in [3.05, 3.63) is 18.2 Å². The molecule has 0 aromatic heterocycles. The topological polar surface area (TPSA) is 75.3 Å². The van der Waals surface area contributed by atoms with Crippen molar-refractivity contribution in [2.24, 2.45) is 5.92 Å². The van der Waals surface area contributed by atoms with Crippen molar-refractivity contribution in [1.82, 2.24) is 0 Å². The summed E-state index contributed by atoms with van der Waals surface area (Å²) in [7, 11) is 0. The lowest BCUT2D eigenvalue weighted by molar-refractivity contribution is -0.119. The number of hydrogen-bond donors (Lipinski definition) is 3. The van der Waals surface area contributed by atoms with Crippen LogP contribution in [-0.4, -0.2) is 22.5 Å². The van der Waals surface area contributed by atoms with E-state index in [1.54, 1.807) is 17.8 Å². The Morgan fingerprint density at radius 1 is 1.56 bits per heavy atom. The van der Waals surface area contributed by atoms with Gasteiger partial charge in [-0.2, -0.15) is 11.8 Å². The summed E-state index contributed by atoms with van der Waals surface area (Å²) < 4.78 is 0. The third-order valence-electron chi connectivity index (χ3n) is 2.59. The van der Waals surface area contributed by atoms with Crippen LogP contribution in [0.5, 0.6) is 5.75 Å². The summed E-state index contributed by atoms with van der Waals surface area (Å²) in [4.78, 5) is 11.8. The predicted octanol–water partition coefficient (Wildman–Crippen LogP) is 1.67. The van der Waals surface area contributed by atoms with E-state index in [-0.39, 0.29) is 17.6 Å². The summed E-state index contributed by atoms with van der Waals surface area (Å²) in [5, 5.41) is 12.0. The van der Waals surface area contributed by atoms with Crippen molar-refractivity contribution in [2.45, 2.75) is 6.42 Å². The number of phenolic OH excluding ortho intramolecular Hbond substituents is 1. The highest BCUT2D eigenvalue weighted by Crippen LogP contribution is 2.27. The molecular formula is C11H14N2O2S. The van der Waals surface area contributed by atoms with E-state index in [1.807, 2.05) is 0 Å². The SMILES string of the molecule is Nc1cc(O)ccc1NC(=O)C1CCSC1. The van der Waals surface area contributed by atoms with E-state index in [0.29, 0.717) is 11.4 Å². The Kier molecular flexibility index (Phi) is 3.24. The van der Waals surface area contributed by atoms with Crippen molar-refractivity contribution in [3.8, 4) is 5.75 Å². The first-order valence-corrected chi connectivity index (χ1v) is 6.29. The molecule has 86 valence electrons. The van der Waals surface area contributed by atoms with Gasteiger partial charge in [-0.3, -0.25) is 4.79 Å². The molecule has 2 rings (SSSR count). The van der Waals surface area contributed by atoms with Gasteiger partial charge < -0.3 is 16.2 Å². The van der Waals surface area contributed by atoms with Gasteiger partial charge in [0.15, 0.2) is 0 Å². The fourth-order valence-corrected chi connectivity index (χ4v) is 2.86. The smallest absolute Gasteiger partial charge is 0.228 e. The van der Waals surface area contributed by atoms with Gasteiger partial charge in [-0.1, -0.05) is 0 Å². The van der Waals surface area contributed by atoms with Gasteiger partial charge in [0.05, 0.1) is 11.4 Å². The highest BCUT2D eigenvalue weighted by molar-refractivity contribution is 7.99. The molecule has 16 heavy (non-hydrogen) atoms. The lowest BCUT2D eigenvalue weighted by atomic mass is 10.1. The fraction of sp³-hybridized carbons (Fsp3) is 0.364. The largest absolute Gasteiger partial charge is 0.508 e. The molecule has 1 saturated heterocycles. The Hall–Kier alpha value is -1.36. The quantitative estimate of drug-likeness (QED) is 0.541. The molecule has 1 heterocycles. The zero-order valence-corrected chi connectivity index (χ0v) is 9.59. The van der Waals surface area contributed by atoms with Crippen molar-refractivity contribution in [3.63, 3.8) is 0 Å². The number of phenols is 1. The average molecular weight is 238 g/mol. The number of nitrogen functional groups attached to an aromatic ring is 1. The number of nitrogens with two attached hydrogens (primary N) is 1. The van der Waals surface area contributed by atoms with E-state index < -0.39 is 0 Å². The number of amides is 1. The first kappa shape index (κ1) is 11.1. The molecule has 0 bridgehead atoms. The van der Waals surface area contributed by atoms with Gasteiger partial charge in [-0.25, -0.2) is 0 Å². The third-order valence-corrected chi connectivity index (χ3v) is 3.76. The number of nitrogens with one attached hydrogen (secondary N) is 1. The Bertz CT molecular complexity index is 403. The van der Waals surface area contributed by atoms with Crippen LogP contribution in [0.4, 0.5) is 11.4 Å². The minimum atomic E-state index is 0.0161. The normalized spacial score (nSPS) is 19.6. The fourth-order valence-electron chi connectivity index (χ4n) is 1.64. The van der Waals surface area contributed by atoms with Crippen LogP contribution < -0.4 is 11.1 Å². The summed E-state index contributed by atoms with van der Waals surface area (Å²) in [5.41, 5.74) is 6.65. The molecule has 1 aromatic rings. The number of carbonyl (C=O) groups is 1. The zero-order valence-electron chi connectivity index (χ0n) is 8.77. The Morgan fingerprint density at radius 2 is 2.38 bits per heavy atom. The molecule has 1 aliphatic heterocycles. The molecule has 5 heteroatoms. The Labute approximate surface area is 98.2 Å². The molecule has 1 fully saturated rings. The van der Waals surface area contributed by atoms with Gasteiger partial charge in [0, 0.05) is 17.7 Å². The number of aromatic hydroxyl groups is 1. The molecule has 1 aliphatic rings. The first-order chi connectivity index (χ1) is 7.66. The number of thioether (sulfide) groups is 1. The lowest BCUT2D eigenvalue weighted by Crippen LogP contribution is -2.22. The third kappa shape index (κ3) is 2.41. The van der Waals surface area contributed by atoms with Crippen molar-refractivity contribution < 1.29 is 9.90 Å². The molecule has 0 spiro atoms. The van der Waals surface area contributed by atoms with E-state index in [2.05, 4.69) is 5.32 Å². The lowest BCUT2D eigenvalue weighted by Gasteiger charge is -2.11. The Morgan fingerprint density at radius 3 is 3.00 bits per heavy atom. The molecule has 1 amide bonds. The van der Waals surface area contributed by atoms with Gasteiger partial charge in [0.25, 0.3) is 0 Å². The number of rotatable bonds is 2. The van der Waals surface area contributed by atoms with Crippen LogP contribution in [0.15, 0.2) is 18.2 Å². The molecule has 0 radical (unpaired) electrons. The molecule has 1 unspecified atom stereocenters. The van der Waals surface area contributed by atoms with Crippen LogP contribution in [0, 0.1) is 5.92 Å². The second-order valence-electron chi connectivity index (χ2n) is 3.82.